The molecule has 136 valence electrons. The first-order chi connectivity index (χ1) is 12.4. The Bertz CT molecular complexity index is 940. The molecule has 0 saturated carbocycles. The highest BCUT2D eigenvalue weighted by molar-refractivity contribution is 7.89. The molecule has 6 heteroatoms. The Labute approximate surface area is 155 Å². The van der Waals surface area contributed by atoms with Crippen molar-refractivity contribution in [1.29, 1.82) is 5.26 Å². The van der Waals surface area contributed by atoms with Crippen molar-refractivity contribution < 1.29 is 8.42 Å². The van der Waals surface area contributed by atoms with Crippen molar-refractivity contribution >= 4 is 10.0 Å². The Morgan fingerprint density at radius 2 is 1.77 bits per heavy atom. The first kappa shape index (κ1) is 18.6. The quantitative estimate of drug-likeness (QED) is 0.831. The molecule has 1 aliphatic heterocycles. The van der Waals surface area contributed by atoms with E-state index in [0.717, 1.165) is 23.2 Å². The summed E-state index contributed by atoms with van der Waals surface area (Å²) in [6.45, 7) is 6.80. The van der Waals surface area contributed by atoms with Crippen LogP contribution in [0.4, 0.5) is 0 Å². The molecule has 2 aromatic carbocycles. The molecule has 0 N–H and O–H groups in total. The van der Waals surface area contributed by atoms with E-state index >= 15 is 0 Å². The second kappa shape index (κ2) is 7.58. The van der Waals surface area contributed by atoms with Gasteiger partial charge in [-0.1, -0.05) is 24.3 Å². The second-order valence-corrected chi connectivity index (χ2v) is 8.67. The average Bonchev–Trinajstić information content (AvgIpc) is 2.64. The number of sulfonamides is 1. The summed E-state index contributed by atoms with van der Waals surface area (Å²) >= 11 is 0. The molecular weight excluding hydrogens is 346 g/mol. The van der Waals surface area contributed by atoms with E-state index in [9.17, 15) is 8.42 Å². The molecule has 0 aliphatic carbocycles. The maximum absolute atomic E-state index is 13.0. The number of hydrogen-bond acceptors (Lipinski definition) is 4. The Kier molecular flexibility index (Phi) is 5.42. The van der Waals surface area contributed by atoms with E-state index in [1.165, 1.54) is 0 Å². The third kappa shape index (κ3) is 3.96. The molecule has 0 atom stereocenters. The fourth-order valence-electron chi connectivity index (χ4n) is 3.25. The van der Waals surface area contributed by atoms with Crippen LogP contribution in [0.3, 0.4) is 0 Å². The predicted molar refractivity (Wildman–Crippen MR) is 101 cm³/mol. The number of rotatable bonds is 4. The molecule has 1 saturated heterocycles. The number of nitrogens with zero attached hydrogens (tertiary/aromatic N) is 3. The van der Waals surface area contributed by atoms with Gasteiger partial charge in [-0.25, -0.2) is 8.42 Å². The standard InChI is InChI=1S/C20H23N3O2S/c1-16-6-7-17(2)20(12-16)26(24,25)23-10-8-22(9-11-23)15-19-5-3-4-18(13-19)14-21/h3-7,12-13H,8-11,15H2,1-2H3. The van der Waals surface area contributed by atoms with Crippen molar-refractivity contribution in [2.75, 3.05) is 26.2 Å². The number of nitriles is 1. The van der Waals surface area contributed by atoms with Crippen molar-refractivity contribution in [2.24, 2.45) is 0 Å². The fourth-order valence-corrected chi connectivity index (χ4v) is 4.98. The van der Waals surface area contributed by atoms with Crippen LogP contribution in [0.5, 0.6) is 0 Å². The summed E-state index contributed by atoms with van der Waals surface area (Å²) in [7, 11) is -3.46. The minimum Gasteiger partial charge on any atom is -0.296 e. The Morgan fingerprint density at radius 1 is 1.04 bits per heavy atom. The van der Waals surface area contributed by atoms with Gasteiger partial charge >= 0.3 is 0 Å². The highest BCUT2D eigenvalue weighted by Gasteiger charge is 2.29. The highest BCUT2D eigenvalue weighted by Crippen LogP contribution is 2.23. The van der Waals surface area contributed by atoms with Gasteiger partial charge in [0.15, 0.2) is 0 Å². The lowest BCUT2D eigenvalue weighted by molar-refractivity contribution is 0.181. The van der Waals surface area contributed by atoms with Gasteiger partial charge in [0.05, 0.1) is 16.5 Å². The summed E-state index contributed by atoms with van der Waals surface area (Å²) in [5.41, 5.74) is 3.46. The van der Waals surface area contributed by atoms with Gasteiger partial charge in [0.2, 0.25) is 10.0 Å². The van der Waals surface area contributed by atoms with Gasteiger partial charge in [0, 0.05) is 32.7 Å². The molecule has 3 rings (SSSR count). The molecule has 0 amide bonds. The van der Waals surface area contributed by atoms with E-state index in [1.807, 2.05) is 44.2 Å². The SMILES string of the molecule is Cc1ccc(C)c(S(=O)(=O)N2CCN(Cc3cccc(C#N)c3)CC2)c1. The van der Waals surface area contributed by atoms with Crippen molar-refractivity contribution in [2.45, 2.75) is 25.3 Å². The van der Waals surface area contributed by atoms with Gasteiger partial charge in [0.25, 0.3) is 0 Å². The van der Waals surface area contributed by atoms with Gasteiger partial charge in [-0.2, -0.15) is 9.57 Å². The van der Waals surface area contributed by atoms with Crippen LogP contribution in [0.2, 0.25) is 0 Å². The van der Waals surface area contributed by atoms with Crippen LogP contribution in [-0.2, 0) is 16.6 Å². The molecule has 0 radical (unpaired) electrons. The van der Waals surface area contributed by atoms with Crippen LogP contribution in [0.25, 0.3) is 0 Å². The summed E-state index contributed by atoms with van der Waals surface area (Å²) in [6, 6.07) is 15.3. The minimum absolute atomic E-state index is 0.410. The van der Waals surface area contributed by atoms with E-state index in [2.05, 4.69) is 11.0 Å². The lowest BCUT2D eigenvalue weighted by atomic mass is 10.1. The zero-order valence-corrected chi connectivity index (χ0v) is 16.0. The molecule has 5 nitrogen and oxygen atoms in total. The summed E-state index contributed by atoms with van der Waals surface area (Å²) in [6.07, 6.45) is 0. The van der Waals surface area contributed by atoms with Crippen LogP contribution in [0.1, 0.15) is 22.3 Å². The van der Waals surface area contributed by atoms with Crippen molar-refractivity contribution in [3.05, 3.63) is 64.7 Å². The Hall–Kier alpha value is -2.20. The smallest absolute Gasteiger partial charge is 0.243 e. The number of aryl methyl sites for hydroxylation is 2. The monoisotopic (exact) mass is 369 g/mol. The van der Waals surface area contributed by atoms with E-state index < -0.39 is 10.0 Å². The maximum Gasteiger partial charge on any atom is 0.243 e. The van der Waals surface area contributed by atoms with Crippen LogP contribution in [0.15, 0.2) is 47.4 Å². The largest absolute Gasteiger partial charge is 0.296 e. The summed E-state index contributed by atoms with van der Waals surface area (Å²) in [5.74, 6) is 0. The van der Waals surface area contributed by atoms with Gasteiger partial charge < -0.3 is 0 Å². The molecule has 0 unspecified atom stereocenters. The molecule has 0 aromatic heterocycles. The van der Waals surface area contributed by atoms with Crippen molar-refractivity contribution in [1.82, 2.24) is 9.21 Å². The normalized spacial score (nSPS) is 16.3. The topological polar surface area (TPSA) is 64.4 Å². The molecule has 1 fully saturated rings. The third-order valence-electron chi connectivity index (χ3n) is 4.75. The predicted octanol–water partition coefficient (Wildman–Crippen LogP) is 2.68. The van der Waals surface area contributed by atoms with Crippen molar-refractivity contribution in [3.63, 3.8) is 0 Å². The van der Waals surface area contributed by atoms with E-state index in [4.69, 9.17) is 5.26 Å². The number of benzene rings is 2. The van der Waals surface area contributed by atoms with Crippen LogP contribution in [0, 0.1) is 25.2 Å². The average molecular weight is 369 g/mol. The lowest BCUT2D eigenvalue weighted by Crippen LogP contribution is -2.48. The maximum atomic E-state index is 13.0. The number of hydrogen-bond donors (Lipinski definition) is 0. The van der Waals surface area contributed by atoms with Gasteiger partial charge in [-0.05, 0) is 48.7 Å². The van der Waals surface area contributed by atoms with E-state index in [0.29, 0.717) is 36.6 Å². The first-order valence-electron chi connectivity index (χ1n) is 8.69. The van der Waals surface area contributed by atoms with E-state index in [-0.39, 0.29) is 0 Å². The molecule has 0 spiro atoms. The molecular formula is C20H23N3O2S. The Balaban J connectivity index is 1.68. The van der Waals surface area contributed by atoms with Crippen molar-refractivity contribution in [3.8, 4) is 6.07 Å². The summed E-state index contributed by atoms with van der Waals surface area (Å²) in [5, 5.41) is 9.01. The molecule has 1 aliphatic rings. The second-order valence-electron chi connectivity index (χ2n) is 6.76. The first-order valence-corrected chi connectivity index (χ1v) is 10.1. The highest BCUT2D eigenvalue weighted by atomic mass is 32.2. The van der Waals surface area contributed by atoms with Gasteiger partial charge in [-0.3, -0.25) is 4.90 Å². The van der Waals surface area contributed by atoms with Gasteiger partial charge in [0.1, 0.15) is 0 Å². The molecule has 26 heavy (non-hydrogen) atoms. The van der Waals surface area contributed by atoms with Crippen LogP contribution in [-0.4, -0.2) is 43.8 Å². The fraction of sp³-hybridized carbons (Fsp3) is 0.350. The van der Waals surface area contributed by atoms with Crippen LogP contribution < -0.4 is 0 Å². The lowest BCUT2D eigenvalue weighted by Gasteiger charge is -2.34. The summed E-state index contributed by atoms with van der Waals surface area (Å²) < 4.78 is 27.5. The Morgan fingerprint density at radius 3 is 2.46 bits per heavy atom. The molecule has 2 aromatic rings. The zero-order chi connectivity index (χ0) is 18.7. The summed E-state index contributed by atoms with van der Waals surface area (Å²) in [4.78, 5) is 2.64. The zero-order valence-electron chi connectivity index (χ0n) is 15.1. The molecule has 1 heterocycles. The van der Waals surface area contributed by atoms with Gasteiger partial charge in [-0.15, -0.1) is 0 Å². The van der Waals surface area contributed by atoms with Crippen LogP contribution >= 0.6 is 0 Å². The third-order valence-corrected chi connectivity index (χ3v) is 6.80. The minimum atomic E-state index is -3.46. The number of piperazine rings is 1. The molecule has 0 bridgehead atoms. The van der Waals surface area contributed by atoms with E-state index in [1.54, 1.807) is 16.4 Å².